The van der Waals surface area contributed by atoms with Gasteiger partial charge in [0.15, 0.2) is 0 Å². The molecule has 2 unspecified atom stereocenters. The van der Waals surface area contributed by atoms with E-state index in [-0.39, 0.29) is 29.4 Å². The molecule has 5 nitrogen and oxygen atoms in total. The third-order valence-corrected chi connectivity index (χ3v) is 4.99. The SMILES string of the molecule is CC1CN(S(=O)(=O)c2ccc(C#N)cc2)CC(C)N1.Cl. The van der Waals surface area contributed by atoms with Crippen molar-refractivity contribution in [2.45, 2.75) is 30.8 Å². The Kier molecular flexibility index (Phi) is 5.54. The summed E-state index contributed by atoms with van der Waals surface area (Å²) in [5.41, 5.74) is 0.459. The molecule has 2 atom stereocenters. The fourth-order valence-corrected chi connectivity index (χ4v) is 3.94. The molecule has 0 amide bonds. The van der Waals surface area contributed by atoms with E-state index < -0.39 is 10.0 Å². The van der Waals surface area contributed by atoms with Crippen molar-refractivity contribution >= 4 is 22.4 Å². The second-order valence-electron chi connectivity index (χ2n) is 4.93. The van der Waals surface area contributed by atoms with Gasteiger partial charge in [-0.15, -0.1) is 12.4 Å². The molecular formula is C13H18ClN3O2S. The molecule has 0 radical (unpaired) electrons. The van der Waals surface area contributed by atoms with Crippen molar-refractivity contribution in [3.8, 4) is 6.07 Å². The van der Waals surface area contributed by atoms with Crippen LogP contribution < -0.4 is 5.32 Å². The molecule has 1 aromatic rings. The molecule has 7 heteroatoms. The molecule has 1 N–H and O–H groups in total. The number of rotatable bonds is 2. The summed E-state index contributed by atoms with van der Waals surface area (Å²) in [5, 5.41) is 12.0. The van der Waals surface area contributed by atoms with E-state index in [0.29, 0.717) is 18.7 Å². The highest BCUT2D eigenvalue weighted by Crippen LogP contribution is 2.19. The molecule has 1 heterocycles. The Bertz CT molecular complexity index is 585. The predicted octanol–water partition coefficient (Wildman–Crippen LogP) is 1.35. The second-order valence-corrected chi connectivity index (χ2v) is 6.86. The van der Waals surface area contributed by atoms with Crippen LogP contribution in [-0.2, 0) is 10.0 Å². The van der Waals surface area contributed by atoms with E-state index in [2.05, 4.69) is 5.32 Å². The number of halogens is 1. The second kappa shape index (κ2) is 6.55. The standard InChI is InChI=1S/C13H17N3O2S.ClH/c1-10-8-16(9-11(2)15-10)19(17,18)13-5-3-12(7-14)4-6-13;/h3-6,10-11,15H,8-9H2,1-2H3;1H. The number of nitriles is 1. The van der Waals surface area contributed by atoms with Gasteiger partial charge in [-0.1, -0.05) is 0 Å². The normalized spacial score (nSPS) is 23.6. The Hall–Kier alpha value is -1.13. The van der Waals surface area contributed by atoms with Gasteiger partial charge in [0, 0.05) is 25.2 Å². The van der Waals surface area contributed by atoms with E-state index in [9.17, 15) is 8.42 Å². The van der Waals surface area contributed by atoms with Crippen LogP contribution in [0, 0.1) is 11.3 Å². The minimum Gasteiger partial charge on any atom is -0.309 e. The zero-order valence-electron chi connectivity index (χ0n) is 11.4. The van der Waals surface area contributed by atoms with Gasteiger partial charge in [0.05, 0.1) is 16.5 Å². The van der Waals surface area contributed by atoms with Gasteiger partial charge in [-0.25, -0.2) is 8.42 Å². The van der Waals surface area contributed by atoms with Crippen molar-refractivity contribution in [3.05, 3.63) is 29.8 Å². The van der Waals surface area contributed by atoms with Crippen LogP contribution in [0.3, 0.4) is 0 Å². The molecule has 1 aliphatic heterocycles. The molecular weight excluding hydrogens is 298 g/mol. The van der Waals surface area contributed by atoms with E-state index >= 15 is 0 Å². The first-order valence-electron chi connectivity index (χ1n) is 6.20. The Morgan fingerprint density at radius 2 is 1.70 bits per heavy atom. The van der Waals surface area contributed by atoms with Crippen molar-refractivity contribution in [1.82, 2.24) is 9.62 Å². The van der Waals surface area contributed by atoms with Crippen molar-refractivity contribution in [1.29, 1.82) is 5.26 Å². The maximum atomic E-state index is 12.5. The van der Waals surface area contributed by atoms with Crippen molar-refractivity contribution in [2.75, 3.05) is 13.1 Å². The number of nitrogens with one attached hydrogen (secondary N) is 1. The van der Waals surface area contributed by atoms with Crippen LogP contribution in [0.15, 0.2) is 29.2 Å². The van der Waals surface area contributed by atoms with Crippen LogP contribution in [0.5, 0.6) is 0 Å². The summed E-state index contributed by atoms with van der Waals surface area (Å²) in [6.07, 6.45) is 0. The molecule has 0 aliphatic carbocycles. The zero-order chi connectivity index (χ0) is 14.0. The van der Waals surface area contributed by atoms with E-state index in [0.717, 1.165) is 0 Å². The molecule has 0 bridgehead atoms. The van der Waals surface area contributed by atoms with Gasteiger partial charge in [0.1, 0.15) is 0 Å². The molecule has 1 aliphatic rings. The Morgan fingerprint density at radius 1 is 1.20 bits per heavy atom. The van der Waals surface area contributed by atoms with Crippen LogP contribution in [0.25, 0.3) is 0 Å². The van der Waals surface area contributed by atoms with Crippen LogP contribution in [0.1, 0.15) is 19.4 Å². The summed E-state index contributed by atoms with van der Waals surface area (Å²) in [7, 11) is -3.47. The summed E-state index contributed by atoms with van der Waals surface area (Å²) in [6.45, 7) is 4.87. The highest BCUT2D eigenvalue weighted by Gasteiger charge is 2.31. The Balaban J connectivity index is 0.00000200. The van der Waals surface area contributed by atoms with Gasteiger partial charge in [0.25, 0.3) is 0 Å². The summed E-state index contributed by atoms with van der Waals surface area (Å²) < 4.78 is 26.5. The fourth-order valence-electron chi connectivity index (χ4n) is 2.32. The van der Waals surface area contributed by atoms with Crippen LogP contribution in [-0.4, -0.2) is 37.9 Å². The van der Waals surface area contributed by atoms with Gasteiger partial charge >= 0.3 is 0 Å². The third kappa shape index (κ3) is 3.49. The summed E-state index contributed by atoms with van der Waals surface area (Å²) in [6, 6.07) is 8.29. The molecule has 0 spiro atoms. The Morgan fingerprint density at radius 3 is 2.15 bits per heavy atom. The lowest BCUT2D eigenvalue weighted by Crippen LogP contribution is -2.55. The molecule has 2 rings (SSSR count). The number of hydrogen-bond acceptors (Lipinski definition) is 4. The highest BCUT2D eigenvalue weighted by molar-refractivity contribution is 7.89. The summed E-state index contributed by atoms with van der Waals surface area (Å²) in [5.74, 6) is 0. The number of sulfonamides is 1. The molecule has 0 saturated carbocycles. The van der Waals surface area contributed by atoms with E-state index in [1.807, 2.05) is 19.9 Å². The predicted molar refractivity (Wildman–Crippen MR) is 79.2 cm³/mol. The van der Waals surface area contributed by atoms with E-state index in [1.165, 1.54) is 28.6 Å². The van der Waals surface area contributed by atoms with Gasteiger partial charge in [-0.3, -0.25) is 0 Å². The first kappa shape index (κ1) is 16.9. The maximum Gasteiger partial charge on any atom is 0.243 e. The number of hydrogen-bond donors (Lipinski definition) is 1. The Labute approximate surface area is 126 Å². The number of piperazine rings is 1. The maximum absolute atomic E-state index is 12.5. The smallest absolute Gasteiger partial charge is 0.243 e. The highest BCUT2D eigenvalue weighted by atomic mass is 35.5. The fraction of sp³-hybridized carbons (Fsp3) is 0.462. The lowest BCUT2D eigenvalue weighted by molar-refractivity contribution is 0.263. The average Bonchev–Trinajstić information content (AvgIpc) is 2.37. The summed E-state index contributed by atoms with van der Waals surface area (Å²) >= 11 is 0. The van der Waals surface area contributed by atoms with E-state index in [4.69, 9.17) is 5.26 Å². The van der Waals surface area contributed by atoms with Crippen LogP contribution >= 0.6 is 12.4 Å². The first-order chi connectivity index (χ1) is 8.93. The van der Waals surface area contributed by atoms with Crippen molar-refractivity contribution < 1.29 is 8.42 Å². The molecule has 1 aromatic carbocycles. The quantitative estimate of drug-likeness (QED) is 0.894. The van der Waals surface area contributed by atoms with Gasteiger partial charge in [0.2, 0.25) is 10.0 Å². The van der Waals surface area contributed by atoms with Crippen LogP contribution in [0.4, 0.5) is 0 Å². The third-order valence-electron chi connectivity index (χ3n) is 3.15. The van der Waals surface area contributed by atoms with Crippen molar-refractivity contribution in [2.24, 2.45) is 0 Å². The lowest BCUT2D eigenvalue weighted by atomic mass is 10.2. The van der Waals surface area contributed by atoms with Crippen molar-refractivity contribution in [3.63, 3.8) is 0 Å². The lowest BCUT2D eigenvalue weighted by Gasteiger charge is -2.35. The van der Waals surface area contributed by atoms with Crippen LogP contribution in [0.2, 0.25) is 0 Å². The number of nitrogens with zero attached hydrogens (tertiary/aromatic N) is 2. The summed E-state index contributed by atoms with van der Waals surface area (Å²) in [4.78, 5) is 0.243. The molecule has 1 saturated heterocycles. The molecule has 0 aromatic heterocycles. The topological polar surface area (TPSA) is 73.2 Å². The molecule has 1 fully saturated rings. The monoisotopic (exact) mass is 315 g/mol. The number of benzene rings is 1. The van der Waals surface area contributed by atoms with Gasteiger partial charge in [-0.2, -0.15) is 9.57 Å². The van der Waals surface area contributed by atoms with Gasteiger partial charge < -0.3 is 5.32 Å². The average molecular weight is 316 g/mol. The molecule has 20 heavy (non-hydrogen) atoms. The van der Waals surface area contributed by atoms with Gasteiger partial charge in [-0.05, 0) is 38.1 Å². The minimum absolute atomic E-state index is 0. The largest absolute Gasteiger partial charge is 0.309 e. The zero-order valence-corrected chi connectivity index (χ0v) is 13.0. The first-order valence-corrected chi connectivity index (χ1v) is 7.64. The molecule has 110 valence electrons. The van der Waals surface area contributed by atoms with E-state index in [1.54, 1.807) is 0 Å². The minimum atomic E-state index is -3.47.